The first-order valence-corrected chi connectivity index (χ1v) is 9.80. The number of para-hydroxylation sites is 2. The average Bonchev–Trinajstić information content (AvgIpc) is 2.75. The maximum Gasteiger partial charge on any atom is 0.145 e. The summed E-state index contributed by atoms with van der Waals surface area (Å²) in [5.41, 5.74) is 3.65. The van der Waals surface area contributed by atoms with Crippen molar-refractivity contribution in [2.75, 3.05) is 30.5 Å². The smallest absolute Gasteiger partial charge is 0.145 e. The van der Waals surface area contributed by atoms with Gasteiger partial charge in [0.05, 0.1) is 12.3 Å². The molecule has 0 radical (unpaired) electrons. The van der Waals surface area contributed by atoms with E-state index >= 15 is 0 Å². The highest BCUT2D eigenvalue weighted by molar-refractivity contribution is 7.98. The zero-order chi connectivity index (χ0) is 16.1. The van der Waals surface area contributed by atoms with Crippen LogP contribution >= 0.6 is 11.8 Å². The fourth-order valence-corrected chi connectivity index (χ4v) is 3.45. The molecule has 0 bridgehead atoms. The van der Waals surface area contributed by atoms with Crippen LogP contribution in [-0.2, 0) is 12.8 Å². The zero-order valence-electron chi connectivity index (χ0n) is 14.0. The molecule has 0 amide bonds. The molecule has 0 aliphatic carbocycles. The summed E-state index contributed by atoms with van der Waals surface area (Å²) in [6, 6.07) is 8.16. The minimum Gasteiger partial charge on any atom is -0.492 e. The SMILES string of the molecule is CCOc1ccccc1-n1nc(CCSC)c2c1NCCCC2. The van der Waals surface area contributed by atoms with E-state index in [-0.39, 0.29) is 0 Å². The third-order valence-electron chi connectivity index (χ3n) is 4.15. The fourth-order valence-electron chi connectivity index (χ4n) is 3.06. The van der Waals surface area contributed by atoms with Crippen LogP contribution in [0.5, 0.6) is 5.75 Å². The Morgan fingerprint density at radius 3 is 3.00 bits per heavy atom. The summed E-state index contributed by atoms with van der Waals surface area (Å²) in [5, 5.41) is 8.54. The van der Waals surface area contributed by atoms with Crippen molar-refractivity contribution in [3.63, 3.8) is 0 Å². The Balaban J connectivity index is 2.06. The van der Waals surface area contributed by atoms with Crippen molar-refractivity contribution in [1.29, 1.82) is 0 Å². The van der Waals surface area contributed by atoms with Crippen molar-refractivity contribution in [3.8, 4) is 11.4 Å². The third-order valence-corrected chi connectivity index (χ3v) is 4.76. The van der Waals surface area contributed by atoms with Crippen molar-refractivity contribution < 1.29 is 4.74 Å². The average molecular weight is 331 g/mol. The number of aromatic nitrogens is 2. The van der Waals surface area contributed by atoms with Crippen LogP contribution in [0.1, 0.15) is 31.0 Å². The van der Waals surface area contributed by atoms with E-state index in [1.165, 1.54) is 24.1 Å². The number of nitrogens with one attached hydrogen (secondary N) is 1. The van der Waals surface area contributed by atoms with E-state index in [1.807, 2.05) is 36.9 Å². The van der Waals surface area contributed by atoms with Gasteiger partial charge < -0.3 is 10.1 Å². The summed E-state index contributed by atoms with van der Waals surface area (Å²) in [6.45, 7) is 3.69. The van der Waals surface area contributed by atoms with Crippen LogP contribution < -0.4 is 10.1 Å². The molecule has 1 aromatic heterocycles. The van der Waals surface area contributed by atoms with Crippen molar-refractivity contribution in [1.82, 2.24) is 9.78 Å². The molecule has 23 heavy (non-hydrogen) atoms. The number of benzene rings is 1. The molecule has 2 heterocycles. The molecule has 2 aromatic rings. The van der Waals surface area contributed by atoms with Crippen LogP contribution in [0.15, 0.2) is 24.3 Å². The Hall–Kier alpha value is -1.62. The molecular weight excluding hydrogens is 306 g/mol. The number of rotatable bonds is 6. The highest BCUT2D eigenvalue weighted by Gasteiger charge is 2.21. The van der Waals surface area contributed by atoms with Crippen LogP contribution in [0, 0.1) is 0 Å². The second kappa shape index (κ2) is 7.77. The van der Waals surface area contributed by atoms with Gasteiger partial charge >= 0.3 is 0 Å². The van der Waals surface area contributed by atoms with E-state index < -0.39 is 0 Å². The summed E-state index contributed by atoms with van der Waals surface area (Å²) in [7, 11) is 0. The van der Waals surface area contributed by atoms with Crippen molar-refractivity contribution in [2.45, 2.75) is 32.6 Å². The van der Waals surface area contributed by atoms with Gasteiger partial charge in [0.2, 0.25) is 0 Å². The molecule has 0 saturated heterocycles. The lowest BCUT2D eigenvalue weighted by molar-refractivity contribution is 0.338. The van der Waals surface area contributed by atoms with Gasteiger partial charge in [0.15, 0.2) is 0 Å². The maximum absolute atomic E-state index is 5.81. The van der Waals surface area contributed by atoms with Crippen LogP contribution in [0.3, 0.4) is 0 Å². The van der Waals surface area contributed by atoms with Gasteiger partial charge in [-0.3, -0.25) is 0 Å². The van der Waals surface area contributed by atoms with Crippen LogP contribution in [0.4, 0.5) is 5.82 Å². The number of fused-ring (bicyclic) bond motifs is 1. The summed E-state index contributed by atoms with van der Waals surface area (Å²) < 4.78 is 7.87. The van der Waals surface area contributed by atoms with Crippen LogP contribution in [0.2, 0.25) is 0 Å². The third kappa shape index (κ3) is 3.50. The highest BCUT2D eigenvalue weighted by Crippen LogP contribution is 2.32. The largest absolute Gasteiger partial charge is 0.492 e. The standard InChI is InChI=1S/C18H25N3OS/c1-3-22-17-10-5-4-9-16(17)21-18-14(8-6-7-12-19-18)15(20-21)11-13-23-2/h4-5,9-10,19H,3,6-8,11-13H2,1-2H3. The number of hydrogen-bond acceptors (Lipinski definition) is 4. The lowest BCUT2D eigenvalue weighted by atomic mass is 10.1. The molecule has 0 saturated carbocycles. The van der Waals surface area contributed by atoms with Gasteiger partial charge in [-0.15, -0.1) is 0 Å². The van der Waals surface area contributed by atoms with Crippen LogP contribution in [-0.4, -0.2) is 34.9 Å². The fraction of sp³-hybridized carbons (Fsp3) is 0.500. The summed E-state index contributed by atoms with van der Waals surface area (Å²) in [6.07, 6.45) is 6.73. The molecular formula is C18H25N3OS. The molecule has 0 unspecified atom stereocenters. The Labute approximate surface area is 142 Å². The molecule has 4 nitrogen and oxygen atoms in total. The first-order chi connectivity index (χ1) is 11.3. The molecule has 0 fully saturated rings. The minimum atomic E-state index is 0.660. The van der Waals surface area contributed by atoms with E-state index in [1.54, 1.807) is 0 Å². The number of nitrogens with zero attached hydrogens (tertiary/aromatic N) is 2. The van der Waals surface area contributed by atoms with Crippen molar-refractivity contribution >= 4 is 17.6 Å². The summed E-state index contributed by atoms with van der Waals surface area (Å²) >= 11 is 1.87. The quantitative estimate of drug-likeness (QED) is 0.871. The number of anilines is 1. The zero-order valence-corrected chi connectivity index (χ0v) is 14.8. The lowest BCUT2D eigenvalue weighted by Crippen LogP contribution is -2.08. The predicted molar refractivity (Wildman–Crippen MR) is 98.2 cm³/mol. The second-order valence-electron chi connectivity index (χ2n) is 5.71. The van der Waals surface area contributed by atoms with E-state index in [0.717, 1.165) is 42.4 Å². The number of aryl methyl sites for hydroxylation is 1. The van der Waals surface area contributed by atoms with E-state index in [9.17, 15) is 0 Å². The second-order valence-corrected chi connectivity index (χ2v) is 6.70. The lowest BCUT2D eigenvalue weighted by Gasteiger charge is -2.13. The van der Waals surface area contributed by atoms with Gasteiger partial charge in [0.25, 0.3) is 0 Å². The summed E-state index contributed by atoms with van der Waals surface area (Å²) in [5.74, 6) is 3.16. The normalized spacial score (nSPS) is 14.0. The molecule has 1 N–H and O–H groups in total. The van der Waals surface area contributed by atoms with Gasteiger partial charge in [0, 0.05) is 18.5 Å². The number of ether oxygens (including phenoxy) is 1. The van der Waals surface area contributed by atoms with E-state index in [4.69, 9.17) is 9.84 Å². The summed E-state index contributed by atoms with van der Waals surface area (Å²) in [4.78, 5) is 0. The molecule has 5 heteroatoms. The number of hydrogen-bond donors (Lipinski definition) is 1. The highest BCUT2D eigenvalue weighted by atomic mass is 32.2. The Kier molecular flexibility index (Phi) is 5.49. The van der Waals surface area contributed by atoms with Gasteiger partial charge in [-0.1, -0.05) is 12.1 Å². The maximum atomic E-state index is 5.81. The van der Waals surface area contributed by atoms with Gasteiger partial charge in [-0.2, -0.15) is 16.9 Å². The van der Waals surface area contributed by atoms with E-state index in [2.05, 4.69) is 22.3 Å². The van der Waals surface area contributed by atoms with Gasteiger partial charge in [-0.25, -0.2) is 4.68 Å². The molecule has 1 aliphatic heterocycles. The topological polar surface area (TPSA) is 39.1 Å². The molecule has 0 spiro atoms. The van der Waals surface area contributed by atoms with Gasteiger partial charge in [-0.05, 0) is 50.3 Å². The number of thioether (sulfide) groups is 1. The first kappa shape index (κ1) is 16.2. The van der Waals surface area contributed by atoms with Crippen molar-refractivity contribution in [3.05, 3.63) is 35.5 Å². The van der Waals surface area contributed by atoms with Crippen LogP contribution in [0.25, 0.3) is 5.69 Å². The van der Waals surface area contributed by atoms with E-state index in [0.29, 0.717) is 6.61 Å². The predicted octanol–water partition coefficient (Wildman–Crippen LogP) is 3.92. The Morgan fingerprint density at radius 2 is 2.17 bits per heavy atom. The molecule has 124 valence electrons. The Bertz CT molecular complexity index is 654. The van der Waals surface area contributed by atoms with Gasteiger partial charge in [0.1, 0.15) is 17.3 Å². The Morgan fingerprint density at radius 1 is 1.30 bits per heavy atom. The first-order valence-electron chi connectivity index (χ1n) is 8.41. The molecule has 0 atom stereocenters. The minimum absolute atomic E-state index is 0.660. The monoisotopic (exact) mass is 331 g/mol. The molecule has 1 aromatic carbocycles. The van der Waals surface area contributed by atoms with Crippen molar-refractivity contribution in [2.24, 2.45) is 0 Å². The molecule has 1 aliphatic rings. The molecule has 3 rings (SSSR count).